The molecule has 7 aliphatic heterocycles. The first-order chi connectivity index (χ1) is 22.6. The molecule has 7 heterocycles. The average molecular weight is 660 g/mol. The van der Waals surface area contributed by atoms with Crippen molar-refractivity contribution in [3.05, 3.63) is 0 Å². The Morgan fingerprint density at radius 1 is 0.872 bits per heavy atom. The maximum atomic E-state index is 13.8. The smallest absolute Gasteiger partial charge is 0.237 e. The normalized spacial score (nSPS) is 35.9. The van der Waals surface area contributed by atoms with Crippen molar-refractivity contribution in [2.75, 3.05) is 79.2 Å². The highest BCUT2D eigenvalue weighted by atomic mass is 16.5. The highest BCUT2D eigenvalue weighted by Crippen LogP contribution is 2.33. The van der Waals surface area contributed by atoms with Gasteiger partial charge in [-0.2, -0.15) is 0 Å². The Balaban J connectivity index is 1.16. The second-order valence-corrected chi connectivity index (χ2v) is 15.1. The number of likely N-dealkylation sites (tertiary alicyclic amines) is 1. The van der Waals surface area contributed by atoms with Crippen molar-refractivity contribution in [3.8, 4) is 0 Å². The molecule has 0 radical (unpaired) electrons. The van der Waals surface area contributed by atoms with Crippen molar-refractivity contribution >= 4 is 23.6 Å². The Labute approximate surface area is 279 Å². The van der Waals surface area contributed by atoms with Crippen LogP contribution in [0.3, 0.4) is 0 Å². The molecule has 4 amide bonds. The molecule has 6 atom stereocenters. The summed E-state index contributed by atoms with van der Waals surface area (Å²) in [7, 11) is 2.16. The van der Waals surface area contributed by atoms with E-state index >= 15 is 0 Å². The molecule has 0 spiro atoms. The second kappa shape index (κ2) is 15.5. The first-order valence-corrected chi connectivity index (χ1v) is 18.2. The summed E-state index contributed by atoms with van der Waals surface area (Å²) >= 11 is 0. The number of nitrogens with zero attached hydrogens (tertiary/aromatic N) is 5. The summed E-state index contributed by atoms with van der Waals surface area (Å²) < 4.78 is 5.43. The summed E-state index contributed by atoms with van der Waals surface area (Å²) in [5, 5.41) is 18.0. The van der Waals surface area contributed by atoms with Gasteiger partial charge in [0, 0.05) is 76.8 Å². The molecule has 7 aliphatic rings. The van der Waals surface area contributed by atoms with Gasteiger partial charge in [-0.3, -0.25) is 24.1 Å². The number of carbonyl (C=O) groups excluding carboxylic acids is 4. The summed E-state index contributed by atoms with van der Waals surface area (Å²) in [4.78, 5) is 64.6. The van der Waals surface area contributed by atoms with Gasteiger partial charge in [0.25, 0.3) is 0 Å². The number of amides is 4. The van der Waals surface area contributed by atoms with Crippen molar-refractivity contribution < 1.29 is 29.0 Å². The van der Waals surface area contributed by atoms with E-state index in [0.29, 0.717) is 84.2 Å². The van der Waals surface area contributed by atoms with Gasteiger partial charge in [-0.05, 0) is 77.4 Å². The molecule has 264 valence electrons. The fraction of sp³-hybridized carbons (Fsp3) is 0.882. The summed E-state index contributed by atoms with van der Waals surface area (Å²) in [5.41, 5.74) is 0. The molecular formula is C34H57N7O6. The molecule has 7 saturated heterocycles. The minimum atomic E-state index is -1.02. The number of aliphatic hydroxyl groups is 1. The maximum absolute atomic E-state index is 13.8. The molecule has 0 aromatic heterocycles. The van der Waals surface area contributed by atoms with Gasteiger partial charge in [0.05, 0.1) is 37.8 Å². The van der Waals surface area contributed by atoms with Crippen LogP contribution in [0.25, 0.3) is 0 Å². The number of nitrogens with one attached hydrogen (secondary N) is 2. The summed E-state index contributed by atoms with van der Waals surface area (Å²) in [6.07, 6.45) is 4.73. The van der Waals surface area contributed by atoms with Crippen LogP contribution in [0, 0.1) is 11.8 Å². The number of piperidine rings is 3. The van der Waals surface area contributed by atoms with E-state index in [2.05, 4.69) is 27.5 Å². The highest BCUT2D eigenvalue weighted by Gasteiger charge is 2.44. The van der Waals surface area contributed by atoms with Gasteiger partial charge in [-0.15, -0.1) is 0 Å². The molecule has 0 aliphatic carbocycles. The zero-order valence-electron chi connectivity index (χ0n) is 28.5. The fourth-order valence-corrected chi connectivity index (χ4v) is 8.83. The van der Waals surface area contributed by atoms with Crippen LogP contribution in [0.4, 0.5) is 0 Å². The minimum absolute atomic E-state index is 0.0143. The molecule has 47 heavy (non-hydrogen) atoms. The van der Waals surface area contributed by atoms with Crippen molar-refractivity contribution in [1.82, 2.24) is 35.1 Å². The number of rotatable bonds is 4. The molecule has 13 nitrogen and oxygen atoms in total. The first-order valence-electron chi connectivity index (χ1n) is 18.2. The number of carbonyl (C=O) groups is 4. The third-order valence-electron chi connectivity index (χ3n) is 11.9. The number of aliphatic hydroxyl groups excluding tert-OH is 1. The van der Waals surface area contributed by atoms with Crippen molar-refractivity contribution in [2.24, 2.45) is 11.8 Å². The molecule has 0 unspecified atom stereocenters. The van der Waals surface area contributed by atoms with Gasteiger partial charge in [0.1, 0.15) is 0 Å². The lowest BCUT2D eigenvalue weighted by Crippen LogP contribution is -2.54. The third kappa shape index (κ3) is 8.46. The molecule has 7 rings (SSSR count). The lowest BCUT2D eigenvalue weighted by atomic mass is 9.80. The van der Waals surface area contributed by atoms with Gasteiger partial charge in [-0.25, -0.2) is 0 Å². The topological polar surface area (TPSA) is 138 Å². The lowest BCUT2D eigenvalue weighted by Gasteiger charge is -2.41. The third-order valence-corrected chi connectivity index (χ3v) is 11.9. The molecular weight excluding hydrogens is 602 g/mol. The zero-order chi connectivity index (χ0) is 33.1. The van der Waals surface area contributed by atoms with Crippen LogP contribution in [-0.2, 0) is 23.9 Å². The summed E-state index contributed by atoms with van der Waals surface area (Å²) in [6.45, 7) is 9.16. The first kappa shape index (κ1) is 34.5. The monoisotopic (exact) mass is 659 g/mol. The van der Waals surface area contributed by atoms with E-state index in [-0.39, 0.29) is 60.0 Å². The van der Waals surface area contributed by atoms with E-state index in [1.54, 1.807) is 11.8 Å². The largest absolute Gasteiger partial charge is 0.390 e. The van der Waals surface area contributed by atoms with Gasteiger partial charge < -0.3 is 40.1 Å². The fourth-order valence-electron chi connectivity index (χ4n) is 8.83. The van der Waals surface area contributed by atoms with Gasteiger partial charge in [-0.1, -0.05) is 0 Å². The van der Waals surface area contributed by atoms with Crippen molar-refractivity contribution in [2.45, 2.75) is 101 Å². The lowest BCUT2D eigenvalue weighted by molar-refractivity contribution is -0.142. The zero-order valence-corrected chi connectivity index (χ0v) is 28.5. The van der Waals surface area contributed by atoms with E-state index in [1.165, 1.54) is 0 Å². The van der Waals surface area contributed by atoms with Gasteiger partial charge >= 0.3 is 0 Å². The van der Waals surface area contributed by atoms with E-state index in [1.807, 2.05) is 9.80 Å². The van der Waals surface area contributed by atoms with E-state index in [4.69, 9.17) is 4.74 Å². The minimum Gasteiger partial charge on any atom is -0.390 e. The average Bonchev–Trinajstić information content (AvgIpc) is 3.50. The highest BCUT2D eigenvalue weighted by molar-refractivity contribution is 5.83. The Bertz CT molecular complexity index is 1120. The van der Waals surface area contributed by atoms with Gasteiger partial charge in [0.2, 0.25) is 23.6 Å². The van der Waals surface area contributed by atoms with E-state index in [0.717, 1.165) is 45.3 Å². The van der Waals surface area contributed by atoms with Gasteiger partial charge in [0.15, 0.2) is 0 Å². The van der Waals surface area contributed by atoms with Crippen LogP contribution in [-0.4, -0.2) is 169 Å². The number of fused-ring (bicyclic) bond motifs is 8. The van der Waals surface area contributed by atoms with Crippen LogP contribution >= 0.6 is 0 Å². The summed E-state index contributed by atoms with van der Waals surface area (Å²) in [5.74, 6) is -0.196. The van der Waals surface area contributed by atoms with Crippen LogP contribution in [0.15, 0.2) is 0 Å². The maximum Gasteiger partial charge on any atom is 0.237 e. The van der Waals surface area contributed by atoms with Crippen LogP contribution in [0.5, 0.6) is 0 Å². The Kier molecular flexibility index (Phi) is 11.4. The molecule has 0 aromatic rings. The second-order valence-electron chi connectivity index (χ2n) is 15.1. The predicted molar refractivity (Wildman–Crippen MR) is 175 cm³/mol. The van der Waals surface area contributed by atoms with E-state index in [9.17, 15) is 24.3 Å². The van der Waals surface area contributed by atoms with E-state index < -0.39 is 12.1 Å². The number of morpholine rings is 1. The van der Waals surface area contributed by atoms with Crippen molar-refractivity contribution in [3.63, 3.8) is 0 Å². The number of hydrogen-bond acceptors (Lipinski definition) is 9. The quantitative estimate of drug-likeness (QED) is 0.364. The summed E-state index contributed by atoms with van der Waals surface area (Å²) in [6, 6.07) is -0.0530. The standard InChI is InChI=1S/C34H57N7O6/c1-23-30(42)20-33(45)40-10-3-24(17-31(43)39-13-15-47-16-14-39)25(21-40)18-32(44)38-11-6-28(7-12-38)41-22-27(19-29(41)34(46)35-23)36-26-4-8-37(2)9-5-26/h23-30,36,42H,3-22H2,1-2H3,(H,35,46)/t23-,24-,25-,27-,29-,30-/m0/s1. The SMILES string of the molecule is C[C@@H]1NC(=O)[C@@H]2C[C@H](NC3CCN(C)CC3)CN2C2CCN(CC2)C(=O)C[C@H]2CN(CC[C@H]2CC(=O)N2CCOCC2)C(=O)C[C@@H]1O. The Hall–Kier alpha value is -2.32. The van der Waals surface area contributed by atoms with Crippen molar-refractivity contribution in [1.29, 1.82) is 0 Å². The van der Waals surface area contributed by atoms with Crippen LogP contribution in [0.2, 0.25) is 0 Å². The molecule has 0 aromatic carbocycles. The molecule has 4 bridgehead atoms. The molecule has 7 fully saturated rings. The number of hydrogen-bond donors (Lipinski definition) is 3. The Morgan fingerprint density at radius 2 is 1.55 bits per heavy atom. The molecule has 3 N–H and O–H groups in total. The van der Waals surface area contributed by atoms with Crippen LogP contribution in [0.1, 0.15) is 64.7 Å². The number of ether oxygens (including phenoxy) is 1. The molecule has 0 saturated carbocycles. The Morgan fingerprint density at radius 3 is 2.28 bits per heavy atom. The van der Waals surface area contributed by atoms with Crippen LogP contribution < -0.4 is 10.6 Å². The molecule has 13 heteroatoms. The predicted octanol–water partition coefficient (Wildman–Crippen LogP) is -0.523.